The van der Waals surface area contributed by atoms with Gasteiger partial charge in [-0.2, -0.15) is 0 Å². The highest BCUT2D eigenvalue weighted by atomic mass is 32.2. The van der Waals surface area contributed by atoms with Crippen molar-refractivity contribution in [3.63, 3.8) is 0 Å². The number of carbonyl (C=O) groups excluding carboxylic acids is 1. The fourth-order valence-corrected chi connectivity index (χ4v) is 5.37. The van der Waals surface area contributed by atoms with Gasteiger partial charge in [0.1, 0.15) is 5.84 Å². The van der Waals surface area contributed by atoms with Crippen LogP contribution in [0, 0.1) is 5.92 Å². The second-order valence-electron chi connectivity index (χ2n) is 5.00. The average molecular weight is 329 g/mol. The number of carbonyl (C=O) groups is 2. The number of rotatable bonds is 5. The second-order valence-corrected chi connectivity index (χ2v) is 7.37. The van der Waals surface area contributed by atoms with Crippen LogP contribution in [0.1, 0.15) is 13.3 Å². The molecule has 0 saturated carbocycles. The van der Waals surface area contributed by atoms with Crippen LogP contribution in [0.3, 0.4) is 0 Å². The van der Waals surface area contributed by atoms with Crippen LogP contribution in [0.5, 0.6) is 0 Å². The summed E-state index contributed by atoms with van der Waals surface area (Å²) in [6.07, 6.45) is 0.747. The van der Waals surface area contributed by atoms with Crippen molar-refractivity contribution in [3.05, 3.63) is 9.93 Å². The van der Waals surface area contributed by atoms with Crippen molar-refractivity contribution in [1.29, 1.82) is 0 Å². The van der Waals surface area contributed by atoms with Gasteiger partial charge in [0.25, 0.3) is 0 Å². The number of thioether (sulfide) groups is 2. The molecule has 6 nitrogen and oxygen atoms in total. The Hall–Kier alpha value is -1.15. The van der Waals surface area contributed by atoms with Gasteiger partial charge in [-0.05, 0) is 6.42 Å². The summed E-state index contributed by atoms with van der Waals surface area (Å²) in [4.78, 5) is 31.0. The third-order valence-electron chi connectivity index (χ3n) is 3.56. The zero-order chi connectivity index (χ0) is 15.7. The summed E-state index contributed by atoms with van der Waals surface area (Å²) in [6.45, 7) is 1.96. The third-order valence-corrected chi connectivity index (χ3v) is 6.25. The van der Waals surface area contributed by atoms with Gasteiger partial charge in [-0.1, -0.05) is 18.7 Å². The van der Waals surface area contributed by atoms with Crippen LogP contribution in [0.15, 0.2) is 14.9 Å². The molecule has 2 aliphatic heterocycles. The number of β-lactam (4-membered cyclic amide) rings is 1. The molecule has 2 atom stereocenters. The minimum atomic E-state index is -1.03. The van der Waals surface area contributed by atoms with Crippen LogP contribution in [0.2, 0.25) is 0 Å². The largest absolute Gasteiger partial charge is 0.477 e. The highest BCUT2D eigenvalue weighted by Gasteiger charge is 2.55. The number of carboxylic acid groups (broad SMARTS) is 1. The number of hydrogen-bond donors (Lipinski definition) is 1. The van der Waals surface area contributed by atoms with Gasteiger partial charge in [0.05, 0.1) is 21.3 Å². The number of carboxylic acids is 1. The van der Waals surface area contributed by atoms with Crippen molar-refractivity contribution in [2.75, 3.05) is 26.9 Å². The van der Waals surface area contributed by atoms with Crippen LogP contribution in [0.4, 0.5) is 0 Å². The molecule has 0 unspecified atom stereocenters. The fraction of sp³-hybridized carbons (Fsp3) is 0.615. The predicted molar refractivity (Wildman–Crippen MR) is 86.2 cm³/mol. The van der Waals surface area contributed by atoms with Crippen LogP contribution < -0.4 is 0 Å². The molecule has 1 fully saturated rings. The van der Waals surface area contributed by atoms with Crippen molar-refractivity contribution in [3.8, 4) is 0 Å². The lowest BCUT2D eigenvalue weighted by Gasteiger charge is -2.41. The fourth-order valence-electron chi connectivity index (χ4n) is 2.35. The third kappa shape index (κ3) is 2.78. The highest BCUT2D eigenvalue weighted by Crippen LogP contribution is 2.53. The summed E-state index contributed by atoms with van der Waals surface area (Å²) in [5, 5.41) is 9.35. The lowest BCUT2D eigenvalue weighted by atomic mass is 9.95. The Morgan fingerprint density at radius 1 is 1.52 bits per heavy atom. The Kier molecular flexibility index (Phi) is 4.88. The highest BCUT2D eigenvalue weighted by molar-refractivity contribution is 8.23. The van der Waals surface area contributed by atoms with E-state index in [1.165, 1.54) is 28.4 Å². The summed E-state index contributed by atoms with van der Waals surface area (Å²) < 4.78 is 0.708. The van der Waals surface area contributed by atoms with Crippen molar-refractivity contribution in [2.24, 2.45) is 10.9 Å². The van der Waals surface area contributed by atoms with E-state index in [2.05, 4.69) is 4.99 Å². The molecule has 0 spiro atoms. The molecule has 21 heavy (non-hydrogen) atoms. The van der Waals surface area contributed by atoms with E-state index in [4.69, 9.17) is 0 Å². The Morgan fingerprint density at radius 2 is 2.19 bits per heavy atom. The van der Waals surface area contributed by atoms with Gasteiger partial charge >= 0.3 is 5.97 Å². The number of aliphatic imine (C=N–C) groups is 1. The van der Waals surface area contributed by atoms with Crippen LogP contribution in [-0.4, -0.2) is 64.9 Å². The molecule has 0 aromatic rings. The van der Waals surface area contributed by atoms with Gasteiger partial charge in [0, 0.05) is 21.1 Å². The first-order chi connectivity index (χ1) is 9.92. The van der Waals surface area contributed by atoms with Gasteiger partial charge in [-0.3, -0.25) is 14.7 Å². The van der Waals surface area contributed by atoms with Crippen LogP contribution in [-0.2, 0) is 9.59 Å². The molecule has 2 heterocycles. The smallest absolute Gasteiger partial charge is 0.354 e. The Labute approximate surface area is 132 Å². The minimum Gasteiger partial charge on any atom is -0.477 e. The van der Waals surface area contributed by atoms with Gasteiger partial charge in [-0.15, -0.1) is 11.8 Å². The van der Waals surface area contributed by atoms with Crippen molar-refractivity contribution in [1.82, 2.24) is 9.80 Å². The summed E-state index contributed by atoms with van der Waals surface area (Å²) in [5.41, 5.74) is 0.138. The van der Waals surface area contributed by atoms with Crippen molar-refractivity contribution >= 4 is 41.2 Å². The van der Waals surface area contributed by atoms with E-state index >= 15 is 0 Å². The molecule has 0 bridgehead atoms. The van der Waals surface area contributed by atoms with Gasteiger partial charge in [-0.25, -0.2) is 4.79 Å². The van der Waals surface area contributed by atoms with Crippen molar-refractivity contribution < 1.29 is 14.7 Å². The van der Waals surface area contributed by atoms with Gasteiger partial charge in [0.15, 0.2) is 5.70 Å². The molecule has 8 heteroatoms. The first kappa shape index (κ1) is 16.2. The molecule has 1 saturated heterocycles. The monoisotopic (exact) mass is 329 g/mol. The molecule has 2 aliphatic rings. The van der Waals surface area contributed by atoms with Crippen molar-refractivity contribution in [2.45, 2.75) is 18.7 Å². The number of amides is 1. The van der Waals surface area contributed by atoms with Crippen LogP contribution >= 0.6 is 23.5 Å². The first-order valence-electron chi connectivity index (χ1n) is 6.65. The van der Waals surface area contributed by atoms with E-state index in [1.54, 1.807) is 7.05 Å². The quantitative estimate of drug-likeness (QED) is 0.468. The first-order valence-corrected chi connectivity index (χ1v) is 8.51. The average Bonchev–Trinajstić information content (AvgIpc) is 2.75. The van der Waals surface area contributed by atoms with Gasteiger partial charge < -0.3 is 10.0 Å². The maximum Gasteiger partial charge on any atom is 0.354 e. The topological polar surface area (TPSA) is 73.2 Å². The summed E-state index contributed by atoms with van der Waals surface area (Å²) in [7, 11) is 5.52. The van der Waals surface area contributed by atoms with E-state index in [9.17, 15) is 14.7 Å². The molecule has 1 amide bonds. The summed E-state index contributed by atoms with van der Waals surface area (Å²) in [6, 6.07) is 0. The normalized spacial score (nSPS) is 25.0. The van der Waals surface area contributed by atoms with E-state index in [-0.39, 0.29) is 22.9 Å². The Bertz CT molecular complexity index is 531. The standard InChI is InChI=1S/C13H19N3O3S2/c1-5-7-10(17)16-9(12(18)19)13(21-11(7)16)20-6-8(14-2)15(3)4/h7,11H,5-6H2,1-4H3,(H,18,19)/t7-,11+/m0/s1. The molecule has 2 rings (SSSR count). The maximum atomic E-state index is 12.0. The Balaban J connectivity index is 2.15. The van der Waals surface area contributed by atoms with Crippen LogP contribution in [0.25, 0.3) is 0 Å². The molecular formula is C13H19N3O3S2. The van der Waals surface area contributed by atoms with Gasteiger partial charge in [0.2, 0.25) is 5.91 Å². The number of fused-ring (bicyclic) bond motifs is 1. The lowest BCUT2D eigenvalue weighted by molar-refractivity contribution is -0.151. The minimum absolute atomic E-state index is 0.0440. The zero-order valence-electron chi connectivity index (χ0n) is 12.5. The molecule has 0 radical (unpaired) electrons. The summed E-state index contributed by atoms with van der Waals surface area (Å²) >= 11 is 2.93. The number of aliphatic carboxylic acids is 1. The SMILES string of the molecule is CC[C@H]1C(=O)N2C(C(=O)O)=C(SCC(=NC)N(C)C)S[C@H]12. The number of amidine groups is 1. The lowest BCUT2D eigenvalue weighted by Crippen LogP contribution is -2.56. The maximum absolute atomic E-state index is 12.0. The number of hydrogen-bond acceptors (Lipinski definition) is 5. The molecular weight excluding hydrogens is 310 g/mol. The zero-order valence-corrected chi connectivity index (χ0v) is 14.1. The van der Waals surface area contributed by atoms with E-state index in [0.29, 0.717) is 9.99 Å². The predicted octanol–water partition coefficient (Wildman–Crippen LogP) is 1.50. The molecule has 0 aromatic heterocycles. The van der Waals surface area contributed by atoms with E-state index in [0.717, 1.165) is 12.3 Å². The Morgan fingerprint density at radius 3 is 2.67 bits per heavy atom. The van der Waals surface area contributed by atoms with E-state index in [1.807, 2.05) is 25.9 Å². The summed E-state index contributed by atoms with van der Waals surface area (Å²) in [5.74, 6) is 0.310. The molecule has 116 valence electrons. The molecule has 1 N–H and O–H groups in total. The molecule has 0 aromatic carbocycles. The van der Waals surface area contributed by atoms with E-state index < -0.39 is 5.97 Å². The number of nitrogens with zero attached hydrogens (tertiary/aromatic N) is 3. The second kappa shape index (κ2) is 6.31. The molecule has 0 aliphatic carbocycles.